The molecule has 0 saturated heterocycles. The average Bonchev–Trinajstić information content (AvgIpc) is 2.42. The van der Waals surface area contributed by atoms with E-state index in [4.69, 9.17) is 4.74 Å². The number of rotatable bonds is 4. The highest BCUT2D eigenvalue weighted by atomic mass is 79.9. The molecule has 0 atom stereocenters. The van der Waals surface area contributed by atoms with E-state index in [0.717, 1.165) is 22.2 Å². The van der Waals surface area contributed by atoms with Crippen LogP contribution in [0.3, 0.4) is 0 Å². The quantitative estimate of drug-likeness (QED) is 0.687. The van der Waals surface area contributed by atoms with Gasteiger partial charge in [-0.3, -0.25) is 0 Å². The van der Waals surface area contributed by atoms with Crippen LogP contribution in [-0.4, -0.2) is 13.3 Å². The summed E-state index contributed by atoms with van der Waals surface area (Å²) < 4.78 is 17.1. The molecule has 1 aromatic rings. The van der Waals surface area contributed by atoms with Gasteiger partial charge in [0, 0.05) is 5.33 Å². The Kier molecular flexibility index (Phi) is 14.9. The minimum Gasteiger partial charge on any atom is -0.491 e. The molecule has 0 amide bonds. The van der Waals surface area contributed by atoms with Crippen LogP contribution in [-0.2, 0) is 5.33 Å². The number of ether oxygens (including phenoxy) is 1. The molecule has 0 heterocycles. The van der Waals surface area contributed by atoms with Crippen LogP contribution in [0, 0.1) is 6.92 Å². The van der Waals surface area contributed by atoms with Gasteiger partial charge in [0.05, 0.1) is 0 Å². The Morgan fingerprint density at radius 2 is 1.76 bits per heavy atom. The van der Waals surface area contributed by atoms with Gasteiger partial charge in [0.1, 0.15) is 19.0 Å². The van der Waals surface area contributed by atoms with E-state index < -0.39 is 6.67 Å². The standard InChI is InChI=1S/C10H12BrFO.2C2H6/c1-8-2-3-9(7-11)6-10(8)13-5-4-12;2*1-2/h2-3,6H,4-5,7H2,1H3;2*1-2H3. The van der Waals surface area contributed by atoms with Gasteiger partial charge in [-0.05, 0) is 24.1 Å². The molecular weight excluding hydrogens is 283 g/mol. The van der Waals surface area contributed by atoms with E-state index in [1.54, 1.807) is 0 Å². The second kappa shape index (κ2) is 13.5. The van der Waals surface area contributed by atoms with E-state index in [1.165, 1.54) is 0 Å². The molecule has 0 N–H and O–H groups in total. The third-order valence-electron chi connectivity index (χ3n) is 1.74. The van der Waals surface area contributed by atoms with Crippen LogP contribution in [0.2, 0.25) is 0 Å². The van der Waals surface area contributed by atoms with Crippen molar-refractivity contribution in [2.24, 2.45) is 0 Å². The van der Waals surface area contributed by atoms with Gasteiger partial charge in [0.15, 0.2) is 0 Å². The molecule has 1 nitrogen and oxygen atoms in total. The summed E-state index contributed by atoms with van der Waals surface area (Å²) in [7, 11) is 0. The molecule has 100 valence electrons. The maximum absolute atomic E-state index is 11.9. The summed E-state index contributed by atoms with van der Waals surface area (Å²) in [5.74, 6) is 0.773. The lowest BCUT2D eigenvalue weighted by molar-refractivity contribution is 0.271. The van der Waals surface area contributed by atoms with Crippen molar-refractivity contribution < 1.29 is 9.13 Å². The average molecular weight is 307 g/mol. The molecule has 0 aliphatic rings. The normalized spacial score (nSPS) is 8.41. The molecule has 0 bridgehead atoms. The van der Waals surface area contributed by atoms with Gasteiger partial charge in [-0.1, -0.05) is 55.8 Å². The molecule has 0 aromatic heterocycles. The molecule has 0 aliphatic carbocycles. The predicted molar refractivity (Wildman–Crippen MR) is 78.0 cm³/mol. The number of aryl methyl sites for hydroxylation is 1. The predicted octanol–water partition coefficient (Wildman–Crippen LogP) is 5.29. The second-order valence-corrected chi connectivity index (χ2v) is 3.33. The van der Waals surface area contributed by atoms with Gasteiger partial charge < -0.3 is 4.74 Å². The van der Waals surface area contributed by atoms with E-state index in [2.05, 4.69) is 15.9 Å². The van der Waals surface area contributed by atoms with E-state index in [1.807, 2.05) is 52.8 Å². The van der Waals surface area contributed by atoms with E-state index in [0.29, 0.717) is 0 Å². The number of hydrogen-bond donors (Lipinski definition) is 0. The van der Waals surface area contributed by atoms with Crippen molar-refractivity contribution in [3.05, 3.63) is 29.3 Å². The molecule has 0 radical (unpaired) electrons. The van der Waals surface area contributed by atoms with Gasteiger partial charge in [-0.25, -0.2) is 4.39 Å². The van der Waals surface area contributed by atoms with Crippen molar-refractivity contribution in [3.63, 3.8) is 0 Å². The fourth-order valence-electron chi connectivity index (χ4n) is 1.03. The Balaban J connectivity index is 0. The molecule has 0 fully saturated rings. The zero-order chi connectivity index (χ0) is 13.7. The van der Waals surface area contributed by atoms with Crippen LogP contribution in [0.4, 0.5) is 4.39 Å². The summed E-state index contributed by atoms with van der Waals surface area (Å²) in [5.41, 5.74) is 2.18. The maximum atomic E-state index is 11.9. The minimum absolute atomic E-state index is 0.132. The fourth-order valence-corrected chi connectivity index (χ4v) is 1.38. The Labute approximate surface area is 114 Å². The van der Waals surface area contributed by atoms with Crippen LogP contribution in [0.15, 0.2) is 18.2 Å². The highest BCUT2D eigenvalue weighted by Crippen LogP contribution is 2.20. The molecule has 0 unspecified atom stereocenters. The summed E-state index contributed by atoms with van der Waals surface area (Å²) in [4.78, 5) is 0. The van der Waals surface area contributed by atoms with E-state index >= 15 is 0 Å². The van der Waals surface area contributed by atoms with Crippen LogP contribution >= 0.6 is 15.9 Å². The number of halogens is 2. The fraction of sp³-hybridized carbons (Fsp3) is 0.571. The number of benzene rings is 1. The van der Waals surface area contributed by atoms with Crippen LogP contribution in [0.1, 0.15) is 38.8 Å². The summed E-state index contributed by atoms with van der Waals surface area (Å²) >= 11 is 3.35. The smallest absolute Gasteiger partial charge is 0.123 e. The lowest BCUT2D eigenvalue weighted by Gasteiger charge is -2.08. The van der Waals surface area contributed by atoms with Gasteiger partial charge in [-0.15, -0.1) is 0 Å². The lowest BCUT2D eigenvalue weighted by Crippen LogP contribution is -2.00. The van der Waals surface area contributed by atoms with Gasteiger partial charge in [0.25, 0.3) is 0 Å². The van der Waals surface area contributed by atoms with E-state index in [9.17, 15) is 4.39 Å². The summed E-state index contributed by atoms with van der Waals surface area (Å²) in [6.45, 7) is 9.64. The second-order valence-electron chi connectivity index (χ2n) is 2.77. The zero-order valence-electron chi connectivity index (χ0n) is 11.5. The largest absolute Gasteiger partial charge is 0.491 e. The van der Waals surface area contributed by atoms with Crippen LogP contribution < -0.4 is 4.74 Å². The Morgan fingerprint density at radius 3 is 2.24 bits per heavy atom. The molecule has 3 heteroatoms. The highest BCUT2D eigenvalue weighted by Gasteiger charge is 2.00. The van der Waals surface area contributed by atoms with Crippen molar-refractivity contribution in [3.8, 4) is 5.75 Å². The molecular formula is C14H24BrFO. The summed E-state index contributed by atoms with van der Waals surface area (Å²) in [6, 6.07) is 5.93. The lowest BCUT2D eigenvalue weighted by atomic mass is 10.1. The molecule has 1 aromatic carbocycles. The molecule has 0 spiro atoms. The third-order valence-corrected chi connectivity index (χ3v) is 2.39. The first kappa shape index (κ1) is 18.8. The minimum atomic E-state index is -0.446. The van der Waals surface area contributed by atoms with Gasteiger partial charge >= 0.3 is 0 Å². The Bertz CT molecular complexity index is 277. The summed E-state index contributed by atoms with van der Waals surface area (Å²) in [5, 5.41) is 0.791. The first-order chi connectivity index (χ1) is 8.27. The first-order valence-electron chi connectivity index (χ1n) is 6.12. The van der Waals surface area contributed by atoms with Crippen molar-refractivity contribution in [2.45, 2.75) is 39.9 Å². The van der Waals surface area contributed by atoms with Crippen LogP contribution in [0.5, 0.6) is 5.75 Å². The first-order valence-corrected chi connectivity index (χ1v) is 7.24. The van der Waals surface area contributed by atoms with Gasteiger partial charge in [0.2, 0.25) is 0 Å². The SMILES string of the molecule is CC.CC.Cc1ccc(CBr)cc1OCCF. The van der Waals surface area contributed by atoms with Crippen molar-refractivity contribution in [1.82, 2.24) is 0 Å². The van der Waals surface area contributed by atoms with Crippen molar-refractivity contribution in [1.29, 1.82) is 0 Å². The van der Waals surface area contributed by atoms with Crippen molar-refractivity contribution >= 4 is 15.9 Å². The molecule has 1 rings (SSSR count). The highest BCUT2D eigenvalue weighted by molar-refractivity contribution is 9.08. The molecule has 0 aliphatic heterocycles. The Morgan fingerprint density at radius 1 is 1.18 bits per heavy atom. The van der Waals surface area contributed by atoms with Crippen molar-refractivity contribution in [2.75, 3.05) is 13.3 Å². The zero-order valence-corrected chi connectivity index (χ0v) is 13.1. The number of alkyl halides is 2. The van der Waals surface area contributed by atoms with E-state index in [-0.39, 0.29) is 6.61 Å². The molecule has 17 heavy (non-hydrogen) atoms. The van der Waals surface area contributed by atoms with Gasteiger partial charge in [-0.2, -0.15) is 0 Å². The summed E-state index contributed by atoms with van der Waals surface area (Å²) in [6.07, 6.45) is 0. The Hall–Kier alpha value is -0.570. The van der Waals surface area contributed by atoms with Crippen LogP contribution in [0.25, 0.3) is 0 Å². The maximum Gasteiger partial charge on any atom is 0.123 e. The monoisotopic (exact) mass is 306 g/mol. The number of hydrogen-bond acceptors (Lipinski definition) is 1. The third kappa shape index (κ3) is 8.19. The topological polar surface area (TPSA) is 9.23 Å². The molecule has 0 saturated carbocycles.